The lowest BCUT2D eigenvalue weighted by Crippen LogP contribution is -2.32. The van der Waals surface area contributed by atoms with Gasteiger partial charge in [0.05, 0.1) is 0 Å². The van der Waals surface area contributed by atoms with E-state index >= 15 is 0 Å². The first kappa shape index (κ1) is 11.7. The van der Waals surface area contributed by atoms with Crippen molar-refractivity contribution in [2.45, 2.75) is 25.8 Å². The fourth-order valence-electron chi connectivity index (χ4n) is 1.23. The van der Waals surface area contributed by atoms with Crippen molar-refractivity contribution < 1.29 is 9.90 Å². The van der Waals surface area contributed by atoms with Gasteiger partial charge in [0.2, 0.25) is 5.91 Å². The number of carbonyl (C=O) groups is 1. The third kappa shape index (κ3) is 3.71. The molecule has 1 heterocycles. The van der Waals surface area contributed by atoms with E-state index in [1.807, 2.05) is 0 Å². The monoisotopic (exact) mass is 211 g/mol. The van der Waals surface area contributed by atoms with Crippen molar-refractivity contribution in [3.05, 3.63) is 18.5 Å². The number of aliphatic hydroxyl groups is 1. The van der Waals surface area contributed by atoms with E-state index in [4.69, 9.17) is 5.11 Å². The fourth-order valence-corrected chi connectivity index (χ4v) is 1.23. The maximum Gasteiger partial charge on any atom is 0.244 e. The number of nitrogens with zero attached hydrogens (tertiary/aromatic N) is 2. The Labute approximate surface area is 89.1 Å². The highest BCUT2D eigenvalue weighted by molar-refractivity contribution is 5.79. The van der Waals surface area contributed by atoms with Gasteiger partial charge in [-0.2, -0.15) is 5.10 Å². The van der Waals surface area contributed by atoms with Gasteiger partial charge in [0.1, 0.15) is 6.04 Å². The topological polar surface area (TPSA) is 67.2 Å². The Morgan fingerprint density at radius 1 is 1.60 bits per heavy atom. The molecule has 15 heavy (non-hydrogen) atoms. The van der Waals surface area contributed by atoms with Crippen LogP contribution in [0.2, 0.25) is 0 Å². The third-order valence-electron chi connectivity index (χ3n) is 2.19. The summed E-state index contributed by atoms with van der Waals surface area (Å²) in [7, 11) is 0. The molecule has 0 radical (unpaired) electrons. The molecule has 1 aromatic heterocycles. The summed E-state index contributed by atoms with van der Waals surface area (Å²) in [4.78, 5) is 11.6. The summed E-state index contributed by atoms with van der Waals surface area (Å²) in [6.07, 6.45) is 4.93. The Balaban J connectivity index is 2.28. The summed E-state index contributed by atoms with van der Waals surface area (Å²) in [5, 5.41) is 15.4. The number of hydrogen-bond donors (Lipinski definition) is 2. The highest BCUT2D eigenvalue weighted by atomic mass is 16.2. The lowest BCUT2D eigenvalue weighted by atomic mass is 10.3. The maximum absolute atomic E-state index is 11.6. The van der Waals surface area contributed by atoms with Crippen molar-refractivity contribution in [3.63, 3.8) is 0 Å². The number of unbranched alkanes of at least 4 members (excludes halogenated alkanes) is 1. The van der Waals surface area contributed by atoms with Crippen LogP contribution in [0.25, 0.3) is 0 Å². The molecule has 0 saturated heterocycles. The number of hydrogen-bond acceptors (Lipinski definition) is 3. The molecule has 0 aliphatic rings. The molecule has 5 nitrogen and oxygen atoms in total. The van der Waals surface area contributed by atoms with Gasteiger partial charge in [-0.25, -0.2) is 0 Å². The standard InChI is InChI=1S/C10H17N3O2/c1-9(13-7-4-6-12-13)10(15)11-5-2-3-8-14/h4,6-7,9,14H,2-3,5,8H2,1H3,(H,11,15). The first-order valence-corrected chi connectivity index (χ1v) is 5.13. The van der Waals surface area contributed by atoms with E-state index in [1.165, 1.54) is 0 Å². The number of nitrogens with one attached hydrogen (secondary N) is 1. The fraction of sp³-hybridized carbons (Fsp3) is 0.600. The van der Waals surface area contributed by atoms with Crippen molar-refractivity contribution in [2.75, 3.05) is 13.2 Å². The van der Waals surface area contributed by atoms with Crippen LogP contribution in [0.5, 0.6) is 0 Å². The lowest BCUT2D eigenvalue weighted by Gasteiger charge is -2.12. The van der Waals surface area contributed by atoms with Crippen LogP contribution in [0.1, 0.15) is 25.8 Å². The quantitative estimate of drug-likeness (QED) is 0.666. The molecule has 0 aromatic carbocycles. The molecular formula is C10H17N3O2. The molecule has 5 heteroatoms. The van der Waals surface area contributed by atoms with Crippen molar-refractivity contribution in [1.29, 1.82) is 0 Å². The lowest BCUT2D eigenvalue weighted by molar-refractivity contribution is -0.124. The van der Waals surface area contributed by atoms with Crippen LogP contribution in [0, 0.1) is 0 Å². The second kappa shape index (κ2) is 6.19. The first-order valence-electron chi connectivity index (χ1n) is 5.13. The second-order valence-corrected chi connectivity index (χ2v) is 3.38. The maximum atomic E-state index is 11.6. The van der Waals surface area contributed by atoms with E-state index in [2.05, 4.69) is 10.4 Å². The number of aliphatic hydroxyl groups excluding tert-OH is 1. The zero-order valence-corrected chi connectivity index (χ0v) is 8.89. The van der Waals surface area contributed by atoms with E-state index in [0.29, 0.717) is 6.54 Å². The van der Waals surface area contributed by atoms with Crippen molar-refractivity contribution in [3.8, 4) is 0 Å². The van der Waals surface area contributed by atoms with Crippen LogP contribution in [-0.4, -0.2) is 33.9 Å². The highest BCUT2D eigenvalue weighted by Gasteiger charge is 2.13. The van der Waals surface area contributed by atoms with Gasteiger partial charge in [0.25, 0.3) is 0 Å². The molecule has 0 saturated carbocycles. The van der Waals surface area contributed by atoms with Gasteiger partial charge in [0, 0.05) is 25.5 Å². The Kier molecular flexibility index (Phi) is 4.83. The van der Waals surface area contributed by atoms with Crippen LogP contribution in [0.15, 0.2) is 18.5 Å². The number of amides is 1. The summed E-state index contributed by atoms with van der Waals surface area (Å²) in [6, 6.07) is 1.50. The summed E-state index contributed by atoms with van der Waals surface area (Å²) < 4.78 is 1.61. The predicted octanol–water partition coefficient (Wildman–Crippen LogP) is 0.333. The summed E-state index contributed by atoms with van der Waals surface area (Å²) in [5.41, 5.74) is 0. The molecule has 1 amide bonds. The molecule has 84 valence electrons. The molecule has 2 N–H and O–H groups in total. The molecule has 1 atom stereocenters. The Hall–Kier alpha value is -1.36. The average Bonchev–Trinajstić information content (AvgIpc) is 2.76. The van der Waals surface area contributed by atoms with Crippen molar-refractivity contribution in [1.82, 2.24) is 15.1 Å². The second-order valence-electron chi connectivity index (χ2n) is 3.38. The van der Waals surface area contributed by atoms with E-state index in [9.17, 15) is 4.79 Å². The van der Waals surface area contributed by atoms with Gasteiger partial charge in [0.15, 0.2) is 0 Å². The molecule has 1 unspecified atom stereocenters. The van der Waals surface area contributed by atoms with Crippen molar-refractivity contribution in [2.24, 2.45) is 0 Å². The molecule has 1 aromatic rings. The van der Waals surface area contributed by atoms with Crippen LogP contribution in [-0.2, 0) is 4.79 Å². The summed E-state index contributed by atoms with van der Waals surface area (Å²) in [5.74, 6) is -0.0448. The molecule has 0 bridgehead atoms. The van der Waals surface area contributed by atoms with Gasteiger partial charge in [-0.3, -0.25) is 9.48 Å². The van der Waals surface area contributed by atoms with Crippen LogP contribution in [0.4, 0.5) is 0 Å². The van der Waals surface area contributed by atoms with Gasteiger partial charge < -0.3 is 10.4 Å². The van der Waals surface area contributed by atoms with Gasteiger partial charge in [-0.15, -0.1) is 0 Å². The van der Waals surface area contributed by atoms with E-state index in [1.54, 1.807) is 30.1 Å². The van der Waals surface area contributed by atoms with Gasteiger partial charge in [-0.1, -0.05) is 0 Å². The zero-order valence-electron chi connectivity index (χ0n) is 8.89. The largest absolute Gasteiger partial charge is 0.396 e. The molecule has 0 spiro atoms. The number of carbonyl (C=O) groups excluding carboxylic acids is 1. The highest BCUT2D eigenvalue weighted by Crippen LogP contribution is 2.02. The average molecular weight is 211 g/mol. The van der Waals surface area contributed by atoms with Crippen molar-refractivity contribution >= 4 is 5.91 Å². The van der Waals surface area contributed by atoms with E-state index in [-0.39, 0.29) is 18.6 Å². The van der Waals surface area contributed by atoms with E-state index < -0.39 is 0 Å². The molecular weight excluding hydrogens is 194 g/mol. The summed E-state index contributed by atoms with van der Waals surface area (Å²) >= 11 is 0. The smallest absolute Gasteiger partial charge is 0.244 e. The van der Waals surface area contributed by atoms with Gasteiger partial charge >= 0.3 is 0 Å². The van der Waals surface area contributed by atoms with Crippen LogP contribution >= 0.6 is 0 Å². The zero-order chi connectivity index (χ0) is 11.1. The molecule has 0 aliphatic carbocycles. The van der Waals surface area contributed by atoms with Crippen LogP contribution < -0.4 is 5.32 Å². The molecule has 1 rings (SSSR count). The molecule has 0 fully saturated rings. The predicted molar refractivity (Wildman–Crippen MR) is 56.3 cm³/mol. The Morgan fingerprint density at radius 3 is 3.00 bits per heavy atom. The third-order valence-corrected chi connectivity index (χ3v) is 2.19. The van der Waals surface area contributed by atoms with E-state index in [0.717, 1.165) is 12.8 Å². The normalized spacial score (nSPS) is 12.4. The Bertz CT molecular complexity index is 285. The summed E-state index contributed by atoms with van der Waals surface area (Å²) in [6.45, 7) is 2.57. The molecule has 0 aliphatic heterocycles. The minimum Gasteiger partial charge on any atom is -0.396 e. The first-order chi connectivity index (χ1) is 7.25. The Morgan fingerprint density at radius 2 is 2.40 bits per heavy atom. The minimum atomic E-state index is -0.283. The minimum absolute atomic E-state index is 0.0448. The van der Waals surface area contributed by atoms with Gasteiger partial charge in [-0.05, 0) is 25.8 Å². The van der Waals surface area contributed by atoms with Crippen LogP contribution in [0.3, 0.4) is 0 Å². The SMILES string of the molecule is CC(C(=O)NCCCCO)n1cccn1. The number of rotatable bonds is 6. The number of aromatic nitrogens is 2.